The standard InChI is InChI=1S/C17H12BrF3N4O3/c18-13-4-9(7-28-13)8-3-10(17(19,20)21)15-23-11(6-24(15)5-8)16(27)25-2-1-12(25)14(22)26/h3-7,12H,1-2H2,(H2,22,26). The minimum atomic E-state index is -4.68. The van der Waals surface area contributed by atoms with Gasteiger partial charge in [0.1, 0.15) is 17.4 Å². The topological polar surface area (TPSA) is 93.8 Å². The minimum absolute atomic E-state index is 0.193. The zero-order chi connectivity index (χ0) is 20.2. The Bertz CT molecular complexity index is 1100. The highest BCUT2D eigenvalue weighted by atomic mass is 79.9. The predicted octanol–water partition coefficient (Wildman–Crippen LogP) is 3.08. The molecular formula is C17H12BrF3N4O3. The van der Waals surface area contributed by atoms with Crippen molar-refractivity contribution in [1.29, 1.82) is 0 Å². The van der Waals surface area contributed by atoms with Crippen LogP contribution in [0, 0.1) is 0 Å². The van der Waals surface area contributed by atoms with Crippen LogP contribution in [-0.2, 0) is 11.0 Å². The second kappa shape index (κ2) is 6.36. The number of amides is 2. The first-order valence-electron chi connectivity index (χ1n) is 8.10. The molecule has 1 aliphatic rings. The number of rotatable bonds is 3. The van der Waals surface area contributed by atoms with E-state index in [1.807, 2.05) is 0 Å². The number of carbonyl (C=O) groups is 2. The number of alkyl halides is 3. The van der Waals surface area contributed by atoms with E-state index in [1.165, 1.54) is 29.6 Å². The van der Waals surface area contributed by atoms with Gasteiger partial charge in [-0.3, -0.25) is 9.59 Å². The minimum Gasteiger partial charge on any atom is -0.457 e. The molecule has 0 aromatic carbocycles. The van der Waals surface area contributed by atoms with E-state index in [0.717, 1.165) is 10.5 Å². The summed E-state index contributed by atoms with van der Waals surface area (Å²) in [6.07, 6.45) is -0.320. The van der Waals surface area contributed by atoms with Crippen LogP contribution in [0.15, 0.2) is 39.9 Å². The first kappa shape index (κ1) is 18.5. The Morgan fingerprint density at radius 3 is 2.54 bits per heavy atom. The summed E-state index contributed by atoms with van der Waals surface area (Å²) in [5.41, 5.74) is 4.31. The number of pyridine rings is 1. The lowest BCUT2D eigenvalue weighted by Crippen LogP contribution is -2.57. The fourth-order valence-corrected chi connectivity index (χ4v) is 3.44. The third-order valence-electron chi connectivity index (χ3n) is 4.59. The molecule has 0 aliphatic carbocycles. The van der Waals surface area contributed by atoms with Gasteiger partial charge in [-0.2, -0.15) is 13.2 Å². The second-order valence-electron chi connectivity index (χ2n) is 6.34. The van der Waals surface area contributed by atoms with E-state index in [4.69, 9.17) is 10.2 Å². The molecule has 0 spiro atoms. The number of nitrogens with zero attached hydrogens (tertiary/aromatic N) is 3. The molecule has 2 N–H and O–H groups in total. The lowest BCUT2D eigenvalue weighted by atomic mass is 10.0. The number of furan rings is 1. The maximum atomic E-state index is 13.6. The molecule has 2 amide bonds. The Morgan fingerprint density at radius 1 is 1.25 bits per heavy atom. The van der Waals surface area contributed by atoms with E-state index >= 15 is 0 Å². The molecule has 3 aromatic rings. The highest BCUT2D eigenvalue weighted by molar-refractivity contribution is 9.10. The maximum absolute atomic E-state index is 13.6. The number of primary amides is 1. The van der Waals surface area contributed by atoms with Crippen LogP contribution in [0.4, 0.5) is 13.2 Å². The molecule has 3 aromatic heterocycles. The summed E-state index contributed by atoms with van der Waals surface area (Å²) in [5, 5.41) is 0. The Hall–Kier alpha value is -2.82. The van der Waals surface area contributed by atoms with E-state index in [1.54, 1.807) is 0 Å². The van der Waals surface area contributed by atoms with Crippen molar-refractivity contribution in [2.75, 3.05) is 6.54 Å². The van der Waals surface area contributed by atoms with Gasteiger partial charge in [-0.15, -0.1) is 0 Å². The van der Waals surface area contributed by atoms with E-state index in [-0.39, 0.29) is 11.3 Å². The number of hydrogen-bond acceptors (Lipinski definition) is 4. The molecular weight excluding hydrogens is 445 g/mol. The highest BCUT2D eigenvalue weighted by Gasteiger charge is 2.39. The van der Waals surface area contributed by atoms with Crippen molar-refractivity contribution < 1.29 is 27.2 Å². The van der Waals surface area contributed by atoms with Crippen molar-refractivity contribution in [3.05, 3.63) is 46.7 Å². The summed E-state index contributed by atoms with van der Waals surface area (Å²) in [6.45, 7) is 0.292. The van der Waals surface area contributed by atoms with Crippen LogP contribution in [0.25, 0.3) is 16.8 Å². The van der Waals surface area contributed by atoms with Crippen molar-refractivity contribution in [3.63, 3.8) is 0 Å². The molecule has 146 valence electrons. The van der Waals surface area contributed by atoms with E-state index < -0.39 is 35.2 Å². The largest absolute Gasteiger partial charge is 0.457 e. The maximum Gasteiger partial charge on any atom is 0.420 e. The van der Waals surface area contributed by atoms with E-state index in [9.17, 15) is 22.8 Å². The molecule has 1 atom stereocenters. The smallest absolute Gasteiger partial charge is 0.420 e. The molecule has 1 unspecified atom stereocenters. The number of likely N-dealkylation sites (tertiary alicyclic amines) is 1. The lowest BCUT2D eigenvalue weighted by Gasteiger charge is -2.38. The van der Waals surface area contributed by atoms with Crippen LogP contribution in [0.5, 0.6) is 0 Å². The van der Waals surface area contributed by atoms with Gasteiger partial charge in [0.25, 0.3) is 5.91 Å². The van der Waals surface area contributed by atoms with Gasteiger partial charge in [-0.25, -0.2) is 4.98 Å². The van der Waals surface area contributed by atoms with Gasteiger partial charge >= 0.3 is 6.18 Å². The average molecular weight is 457 g/mol. The van der Waals surface area contributed by atoms with Gasteiger partial charge in [-0.1, -0.05) is 0 Å². The highest BCUT2D eigenvalue weighted by Crippen LogP contribution is 2.36. The van der Waals surface area contributed by atoms with E-state index in [0.29, 0.717) is 23.2 Å². The third-order valence-corrected chi connectivity index (χ3v) is 5.00. The second-order valence-corrected chi connectivity index (χ2v) is 7.12. The Balaban J connectivity index is 1.82. The van der Waals surface area contributed by atoms with Crippen molar-refractivity contribution in [2.45, 2.75) is 18.6 Å². The summed E-state index contributed by atoms with van der Waals surface area (Å²) in [4.78, 5) is 29.0. The summed E-state index contributed by atoms with van der Waals surface area (Å²) >= 11 is 3.11. The summed E-state index contributed by atoms with van der Waals surface area (Å²) in [5.74, 6) is -1.30. The normalized spacial score (nSPS) is 17.0. The molecule has 0 bridgehead atoms. The number of halogens is 4. The Morgan fingerprint density at radius 2 is 2.00 bits per heavy atom. The van der Waals surface area contributed by atoms with Crippen LogP contribution in [0.1, 0.15) is 22.5 Å². The van der Waals surface area contributed by atoms with Gasteiger partial charge in [0.2, 0.25) is 5.91 Å². The zero-order valence-corrected chi connectivity index (χ0v) is 15.6. The number of aromatic nitrogens is 2. The van der Waals surface area contributed by atoms with Crippen molar-refractivity contribution in [3.8, 4) is 11.1 Å². The van der Waals surface area contributed by atoms with Crippen LogP contribution in [0.2, 0.25) is 0 Å². The fraction of sp³-hybridized carbons (Fsp3) is 0.235. The Kier molecular flexibility index (Phi) is 4.21. The van der Waals surface area contributed by atoms with Gasteiger partial charge in [0.15, 0.2) is 4.67 Å². The van der Waals surface area contributed by atoms with Crippen molar-refractivity contribution >= 4 is 33.4 Å². The molecule has 0 saturated carbocycles. The predicted molar refractivity (Wildman–Crippen MR) is 94.2 cm³/mol. The lowest BCUT2D eigenvalue weighted by molar-refractivity contribution is -0.136. The van der Waals surface area contributed by atoms with Gasteiger partial charge in [0.05, 0.1) is 11.8 Å². The first-order chi connectivity index (χ1) is 13.1. The summed E-state index contributed by atoms with van der Waals surface area (Å²) in [7, 11) is 0. The molecule has 4 heterocycles. The number of carbonyl (C=O) groups excluding carboxylic acids is 2. The number of fused-ring (bicyclic) bond motifs is 1. The fourth-order valence-electron chi connectivity index (χ4n) is 3.10. The molecule has 1 fully saturated rings. The van der Waals surface area contributed by atoms with E-state index in [2.05, 4.69) is 20.9 Å². The summed E-state index contributed by atoms with van der Waals surface area (Å²) in [6, 6.07) is 1.71. The van der Waals surface area contributed by atoms with Gasteiger partial charge < -0.3 is 19.5 Å². The molecule has 28 heavy (non-hydrogen) atoms. The first-order valence-corrected chi connectivity index (χ1v) is 8.89. The average Bonchev–Trinajstić information content (AvgIpc) is 3.17. The van der Waals surface area contributed by atoms with Crippen LogP contribution < -0.4 is 5.73 Å². The molecule has 0 radical (unpaired) electrons. The van der Waals surface area contributed by atoms with Crippen molar-refractivity contribution in [2.24, 2.45) is 5.73 Å². The van der Waals surface area contributed by atoms with Crippen LogP contribution >= 0.6 is 15.9 Å². The number of imidazole rings is 1. The van der Waals surface area contributed by atoms with Crippen LogP contribution in [-0.4, -0.2) is 38.7 Å². The number of nitrogens with two attached hydrogens (primary N) is 1. The Labute approximate surface area is 164 Å². The summed E-state index contributed by atoms with van der Waals surface area (Å²) < 4.78 is 47.4. The van der Waals surface area contributed by atoms with Gasteiger partial charge in [0, 0.05) is 30.1 Å². The molecule has 4 rings (SSSR count). The zero-order valence-electron chi connectivity index (χ0n) is 14.0. The number of hydrogen-bond donors (Lipinski definition) is 1. The molecule has 7 nitrogen and oxygen atoms in total. The monoisotopic (exact) mass is 456 g/mol. The molecule has 1 saturated heterocycles. The third kappa shape index (κ3) is 3.05. The van der Waals surface area contributed by atoms with Crippen molar-refractivity contribution in [1.82, 2.24) is 14.3 Å². The van der Waals surface area contributed by atoms with Crippen LogP contribution in [0.3, 0.4) is 0 Å². The SMILES string of the molecule is NC(=O)C1CCN1C(=O)c1cn2cc(-c3coc(Br)c3)cc(C(F)(F)F)c2n1. The van der Waals surface area contributed by atoms with Gasteiger partial charge in [-0.05, 0) is 34.5 Å². The molecule has 11 heteroatoms. The molecule has 1 aliphatic heterocycles. The quantitative estimate of drug-likeness (QED) is 0.655.